The Kier molecular flexibility index (Phi) is 13.9. The van der Waals surface area contributed by atoms with E-state index in [1.54, 1.807) is 51.4 Å². The number of rotatable bonds is 15. The maximum Gasteiger partial charge on any atom is 0.408 e. The van der Waals surface area contributed by atoms with Crippen LogP contribution in [0.25, 0.3) is 0 Å². The molecule has 4 N–H and O–H groups in total. The van der Waals surface area contributed by atoms with Gasteiger partial charge in [0.2, 0.25) is 29.4 Å². The van der Waals surface area contributed by atoms with Crippen molar-refractivity contribution < 1.29 is 38.3 Å². The van der Waals surface area contributed by atoms with E-state index in [0.29, 0.717) is 12.1 Å². The highest BCUT2D eigenvalue weighted by molar-refractivity contribution is 6.38. The zero-order chi connectivity index (χ0) is 40.2. The minimum atomic E-state index is -1.24. The van der Waals surface area contributed by atoms with E-state index in [1.165, 1.54) is 9.80 Å². The zero-order valence-corrected chi connectivity index (χ0v) is 33.4. The largest absolute Gasteiger partial charge is 0.446 e. The second-order valence-corrected chi connectivity index (χ2v) is 17.1. The second-order valence-electron chi connectivity index (χ2n) is 17.1. The smallest absolute Gasteiger partial charge is 0.408 e. The molecule has 1 aromatic rings. The lowest BCUT2D eigenvalue weighted by Gasteiger charge is -2.38. The molecule has 0 spiro atoms. The monoisotopic (exact) mass is 740 g/mol. The fourth-order valence-corrected chi connectivity index (χ4v) is 6.85. The summed E-state index contributed by atoms with van der Waals surface area (Å²) in [5.74, 6) is -4.31. The van der Waals surface area contributed by atoms with Gasteiger partial charge in [-0.3, -0.25) is 28.8 Å². The van der Waals surface area contributed by atoms with Gasteiger partial charge in [-0.2, -0.15) is 0 Å². The highest BCUT2D eigenvalue weighted by Gasteiger charge is 2.70. The predicted octanol–water partition coefficient (Wildman–Crippen LogP) is 2.82. The molecular weight excluding hydrogens is 680 g/mol. The molecule has 1 saturated carbocycles. The van der Waals surface area contributed by atoms with E-state index in [0.717, 1.165) is 0 Å². The molecule has 1 saturated heterocycles. The lowest BCUT2D eigenvalue weighted by atomic mass is 9.85. The van der Waals surface area contributed by atoms with Gasteiger partial charge in [-0.15, -0.1) is 0 Å². The lowest BCUT2D eigenvalue weighted by Crippen LogP contribution is -2.60. The van der Waals surface area contributed by atoms with Crippen LogP contribution in [0.2, 0.25) is 0 Å². The summed E-state index contributed by atoms with van der Waals surface area (Å²) in [7, 11) is 3.12. The van der Waals surface area contributed by atoms with Gasteiger partial charge in [-0.25, -0.2) is 4.79 Å². The molecule has 2 aliphatic rings. The van der Waals surface area contributed by atoms with Crippen LogP contribution in [0.1, 0.15) is 87.3 Å². The number of nitrogens with one attached hydrogen (secondary N) is 4. The van der Waals surface area contributed by atoms with Gasteiger partial charge in [0.25, 0.3) is 5.91 Å². The van der Waals surface area contributed by atoms with Gasteiger partial charge in [0.05, 0.1) is 12.6 Å². The molecular formula is C39H60N6O8. The van der Waals surface area contributed by atoms with Crippen molar-refractivity contribution >= 4 is 41.4 Å². The maximum absolute atomic E-state index is 14.2. The minimum Gasteiger partial charge on any atom is -0.446 e. The first-order valence-corrected chi connectivity index (χ1v) is 18.4. The first kappa shape index (κ1) is 42.9. The highest BCUT2D eigenvalue weighted by Crippen LogP contribution is 2.65. The molecule has 0 aromatic heterocycles. The van der Waals surface area contributed by atoms with Gasteiger partial charge >= 0.3 is 6.09 Å². The average molecular weight is 741 g/mol. The number of ketones is 1. The van der Waals surface area contributed by atoms with Gasteiger partial charge in [0.15, 0.2) is 0 Å². The van der Waals surface area contributed by atoms with Crippen LogP contribution in [0.15, 0.2) is 30.3 Å². The van der Waals surface area contributed by atoms with Crippen molar-refractivity contribution in [3.63, 3.8) is 0 Å². The van der Waals surface area contributed by atoms with E-state index >= 15 is 0 Å². The Labute approximate surface area is 313 Å². The average Bonchev–Trinajstić information content (AvgIpc) is 3.37. The Morgan fingerprint density at radius 3 is 2.06 bits per heavy atom. The number of fused-ring (bicyclic) bond motifs is 1. The first-order chi connectivity index (χ1) is 24.5. The van der Waals surface area contributed by atoms with Crippen LogP contribution in [0.5, 0.6) is 0 Å². The summed E-state index contributed by atoms with van der Waals surface area (Å²) >= 11 is 0. The summed E-state index contributed by atoms with van der Waals surface area (Å²) in [5, 5.41) is 10.5. The van der Waals surface area contributed by atoms with E-state index in [4.69, 9.17) is 4.74 Å². The highest BCUT2D eigenvalue weighted by atomic mass is 16.6. The minimum absolute atomic E-state index is 0.0240. The van der Waals surface area contributed by atoms with E-state index in [1.807, 2.05) is 62.3 Å². The summed E-state index contributed by atoms with van der Waals surface area (Å²) in [5.41, 5.74) is -0.433. The van der Waals surface area contributed by atoms with E-state index in [2.05, 4.69) is 21.3 Å². The molecule has 1 heterocycles. The van der Waals surface area contributed by atoms with Crippen molar-refractivity contribution in [2.75, 3.05) is 27.2 Å². The van der Waals surface area contributed by atoms with Crippen LogP contribution in [-0.4, -0.2) is 103 Å². The zero-order valence-electron chi connectivity index (χ0n) is 33.4. The van der Waals surface area contributed by atoms with Crippen LogP contribution in [0.4, 0.5) is 4.79 Å². The van der Waals surface area contributed by atoms with Crippen LogP contribution < -0.4 is 21.3 Å². The molecule has 6 amide bonds. The van der Waals surface area contributed by atoms with Crippen LogP contribution in [0.3, 0.4) is 0 Å². The van der Waals surface area contributed by atoms with Crippen molar-refractivity contribution in [2.24, 2.45) is 34.5 Å². The number of carbonyl (C=O) groups excluding carboxylic acids is 7. The molecule has 4 unspecified atom stereocenters. The molecule has 294 valence electrons. The van der Waals surface area contributed by atoms with Crippen LogP contribution in [0, 0.1) is 34.5 Å². The number of ether oxygens (including phenoxy) is 1. The summed E-state index contributed by atoms with van der Waals surface area (Å²) in [4.78, 5) is 96.5. The SMILES string of the molecule is CC(C)CC(NC(=O)[C@@H]1C2C(CN1C(=O)[C@@H](NC(=O)OC(C)C(C)C)C(C)(C)C)C2(C)C)C(=O)C(=O)NCC(=O)N[C@H](C(=O)N(C)C)c1ccccc1. The number of alkyl carbamates (subject to hydrolysis) is 1. The van der Waals surface area contributed by atoms with Gasteiger partial charge in [0, 0.05) is 20.6 Å². The van der Waals surface area contributed by atoms with E-state index < -0.39 is 71.6 Å². The molecule has 14 heteroatoms. The molecule has 3 rings (SSSR count). The molecule has 1 aliphatic carbocycles. The Morgan fingerprint density at radius 1 is 0.925 bits per heavy atom. The quantitative estimate of drug-likeness (QED) is 0.198. The molecule has 0 radical (unpaired) electrons. The number of benzene rings is 1. The number of nitrogens with zero attached hydrogens (tertiary/aromatic N) is 2. The van der Waals surface area contributed by atoms with Crippen molar-refractivity contribution in [3.05, 3.63) is 35.9 Å². The summed E-state index contributed by atoms with van der Waals surface area (Å²) in [6.07, 6.45) is -0.987. The summed E-state index contributed by atoms with van der Waals surface area (Å²) in [6.45, 7) is 18.5. The topological polar surface area (TPSA) is 183 Å². The first-order valence-electron chi connectivity index (χ1n) is 18.4. The number of piperidine rings is 1. The van der Waals surface area contributed by atoms with Crippen LogP contribution in [-0.2, 0) is 33.5 Å². The lowest BCUT2D eigenvalue weighted by molar-refractivity contribution is -0.145. The molecule has 0 bridgehead atoms. The molecule has 1 aliphatic heterocycles. The predicted molar refractivity (Wildman–Crippen MR) is 199 cm³/mol. The fraction of sp³-hybridized carbons (Fsp3) is 0.667. The number of likely N-dealkylation sites (tertiary alicyclic amines) is 1. The Bertz CT molecular complexity index is 1540. The van der Waals surface area contributed by atoms with Crippen molar-refractivity contribution in [1.29, 1.82) is 0 Å². The number of hydrogen-bond donors (Lipinski definition) is 4. The Hall–Kier alpha value is -4.49. The van der Waals surface area contributed by atoms with Crippen LogP contribution >= 0.6 is 0 Å². The van der Waals surface area contributed by atoms with Gasteiger partial charge in [-0.1, -0.05) is 92.6 Å². The van der Waals surface area contributed by atoms with E-state index in [-0.39, 0.29) is 47.5 Å². The Morgan fingerprint density at radius 2 is 1.53 bits per heavy atom. The molecule has 53 heavy (non-hydrogen) atoms. The van der Waals surface area contributed by atoms with Crippen molar-refractivity contribution in [3.8, 4) is 0 Å². The fourth-order valence-electron chi connectivity index (χ4n) is 6.85. The molecule has 14 nitrogen and oxygen atoms in total. The number of likely N-dealkylation sites (N-methyl/N-ethyl adjacent to an activating group) is 1. The van der Waals surface area contributed by atoms with Gasteiger partial charge in [-0.05, 0) is 53.4 Å². The van der Waals surface area contributed by atoms with Crippen molar-refractivity contribution in [2.45, 2.75) is 106 Å². The number of hydrogen-bond acceptors (Lipinski definition) is 8. The number of Topliss-reactive ketones (excluding diaryl/α,β-unsaturated/α-hetero) is 1. The third kappa shape index (κ3) is 10.6. The van der Waals surface area contributed by atoms with Crippen molar-refractivity contribution in [1.82, 2.24) is 31.1 Å². The normalized spacial score (nSPS) is 21.0. The van der Waals surface area contributed by atoms with E-state index in [9.17, 15) is 33.6 Å². The standard InChI is InChI=1S/C39H60N6O8/c1-21(2)18-26(31(47)34(49)40-19-27(46)42-29(35(50)44(11)12)24-16-14-13-15-17-24)41-33(48)30-28-25(39(28,9)10)20-45(30)36(51)32(38(6,7)8)43-37(52)53-23(5)22(3)4/h13-17,21-23,25-26,28-30,32H,18-20H2,1-12H3,(H,40,49)(H,41,48)(H,42,46)(H,43,52)/t23?,25?,26?,28?,29-,30-,32+/m0/s1. The Balaban J connectivity index is 1.76. The summed E-state index contributed by atoms with van der Waals surface area (Å²) < 4.78 is 5.50. The molecule has 1 aromatic carbocycles. The third-order valence-corrected chi connectivity index (χ3v) is 10.5. The number of carbonyl (C=O) groups is 7. The second kappa shape index (κ2) is 17.1. The van der Waals surface area contributed by atoms with Gasteiger partial charge in [0.1, 0.15) is 24.2 Å². The summed E-state index contributed by atoms with van der Waals surface area (Å²) in [6, 6.07) is 4.44. The van der Waals surface area contributed by atoms with Gasteiger partial charge < -0.3 is 35.8 Å². The number of amides is 6. The molecule has 2 fully saturated rings. The molecule has 7 atom stereocenters. The maximum atomic E-state index is 14.2. The third-order valence-electron chi connectivity index (χ3n) is 10.5.